The summed E-state index contributed by atoms with van der Waals surface area (Å²) in [6.45, 7) is 0. The zero-order valence-corrected chi connectivity index (χ0v) is 16.5. The molecule has 134 valence electrons. The summed E-state index contributed by atoms with van der Waals surface area (Å²) < 4.78 is 48.6. The van der Waals surface area contributed by atoms with Crippen molar-refractivity contribution in [1.82, 2.24) is 9.13 Å². The lowest BCUT2D eigenvalue weighted by Gasteiger charge is -2.15. The Morgan fingerprint density at radius 2 is 1.17 bits per heavy atom. The van der Waals surface area contributed by atoms with Crippen LogP contribution in [-0.4, -0.2) is 37.6 Å². The number of fused-ring (bicyclic) bond motifs is 1. The Balaban J connectivity index is 2.63. The quantitative estimate of drug-likeness (QED) is 0.493. The highest BCUT2D eigenvalue weighted by Crippen LogP contribution is 2.51. The average molecular weight is 394 g/mol. The lowest BCUT2D eigenvalue weighted by atomic mass is 10.3. The first-order chi connectivity index (χ1) is 11.3. The first kappa shape index (κ1) is 19.5. The highest BCUT2D eigenvalue weighted by atomic mass is 32.1. The highest BCUT2D eigenvalue weighted by Gasteiger charge is 2.28. The molecule has 0 atom stereocenters. The molecule has 0 aliphatic heterocycles. The molecular weight excluding hydrogens is 374 g/mol. The summed E-state index contributed by atoms with van der Waals surface area (Å²) in [6.07, 6.45) is -0.118. The number of hydrogen-bond donors (Lipinski definition) is 0. The van der Waals surface area contributed by atoms with E-state index >= 15 is 0 Å². The number of para-hydroxylation sites is 2. The third-order valence-electron chi connectivity index (χ3n) is 3.67. The average Bonchev–Trinajstić information content (AvgIpc) is 2.87. The van der Waals surface area contributed by atoms with Crippen LogP contribution < -0.4 is 0 Å². The normalized spacial score (nSPS) is 12.8. The van der Waals surface area contributed by atoms with Crippen molar-refractivity contribution in [3.8, 4) is 0 Å². The van der Waals surface area contributed by atoms with Gasteiger partial charge in [-0.2, -0.15) is 0 Å². The summed E-state index contributed by atoms with van der Waals surface area (Å²) in [5.74, 6) is 0. The zero-order chi connectivity index (χ0) is 18.0. The summed E-state index contributed by atoms with van der Waals surface area (Å²) >= 11 is 5.48. The fourth-order valence-corrected chi connectivity index (χ4v) is 4.81. The van der Waals surface area contributed by atoms with Crippen molar-refractivity contribution < 1.29 is 27.2 Å². The lowest BCUT2D eigenvalue weighted by molar-refractivity contribution is 0.267. The molecule has 0 saturated carbocycles. The minimum absolute atomic E-state index is 0.0589. The Bertz CT molecular complexity index is 793. The molecule has 0 aliphatic carbocycles. The maximum Gasteiger partial charge on any atom is 0.349 e. The number of hydrogen-bond acceptors (Lipinski definition) is 7. The molecule has 0 aliphatic rings. The number of benzene rings is 1. The molecule has 0 spiro atoms. The molecule has 1 heterocycles. The summed E-state index contributed by atoms with van der Waals surface area (Å²) in [7, 11) is -1.40. The van der Waals surface area contributed by atoms with Crippen LogP contribution in [0.25, 0.3) is 11.0 Å². The van der Waals surface area contributed by atoms with Gasteiger partial charge in [-0.05, 0) is 24.4 Å². The molecule has 1 aromatic heterocycles. The van der Waals surface area contributed by atoms with Crippen molar-refractivity contribution in [2.45, 2.75) is 12.6 Å². The molecule has 2 aromatic rings. The van der Waals surface area contributed by atoms with E-state index in [1.54, 1.807) is 9.13 Å². The van der Waals surface area contributed by atoms with Crippen molar-refractivity contribution in [3.05, 3.63) is 29.0 Å². The van der Waals surface area contributed by atoms with Gasteiger partial charge in [0, 0.05) is 28.4 Å². The second-order valence-corrected chi connectivity index (χ2v) is 9.70. The van der Waals surface area contributed by atoms with Gasteiger partial charge >= 0.3 is 15.2 Å². The van der Waals surface area contributed by atoms with Crippen LogP contribution >= 0.6 is 27.4 Å². The zero-order valence-electron chi connectivity index (χ0n) is 13.9. The van der Waals surface area contributed by atoms with Gasteiger partial charge in [-0.3, -0.25) is 9.13 Å². The maximum absolute atomic E-state index is 12.5. The molecule has 8 nitrogen and oxygen atoms in total. The third-order valence-corrected chi connectivity index (χ3v) is 7.59. The van der Waals surface area contributed by atoms with Crippen LogP contribution in [0, 0.1) is 4.77 Å². The van der Waals surface area contributed by atoms with Crippen molar-refractivity contribution in [3.63, 3.8) is 0 Å². The second kappa shape index (κ2) is 7.62. The van der Waals surface area contributed by atoms with Gasteiger partial charge in [0.15, 0.2) is 4.77 Å². The Hall–Kier alpha value is -0.790. The molecule has 1 aromatic carbocycles. The summed E-state index contributed by atoms with van der Waals surface area (Å²) in [5, 5.41) is 0. The number of rotatable bonds is 8. The lowest BCUT2D eigenvalue weighted by Crippen LogP contribution is -2.06. The molecule has 0 fully saturated rings. The third kappa shape index (κ3) is 3.73. The van der Waals surface area contributed by atoms with E-state index in [0.29, 0.717) is 4.77 Å². The Morgan fingerprint density at radius 1 is 0.833 bits per heavy atom. The van der Waals surface area contributed by atoms with Gasteiger partial charge < -0.3 is 27.2 Å². The van der Waals surface area contributed by atoms with Crippen LogP contribution in [0.3, 0.4) is 0 Å². The number of aromatic nitrogens is 2. The van der Waals surface area contributed by atoms with E-state index in [4.69, 9.17) is 30.3 Å². The summed E-state index contributed by atoms with van der Waals surface area (Å²) in [6, 6.07) is 7.30. The SMILES string of the molecule is COP(=O)(Cn1c(=S)n(CP(=O)(OC)OC)c2ccccc21)OC. The van der Waals surface area contributed by atoms with E-state index in [0.717, 1.165) is 11.0 Å². The van der Waals surface area contributed by atoms with Gasteiger partial charge in [0.1, 0.15) is 12.6 Å². The van der Waals surface area contributed by atoms with E-state index < -0.39 is 15.2 Å². The van der Waals surface area contributed by atoms with Crippen LogP contribution in [0.15, 0.2) is 24.3 Å². The van der Waals surface area contributed by atoms with Crippen molar-refractivity contribution >= 4 is 38.4 Å². The summed E-state index contributed by atoms with van der Waals surface area (Å²) in [4.78, 5) is 0. The second-order valence-electron chi connectivity index (χ2n) is 4.86. The number of nitrogens with zero attached hydrogens (tertiary/aromatic N) is 2. The molecule has 11 heteroatoms. The molecule has 0 bridgehead atoms. The minimum atomic E-state index is -3.33. The Morgan fingerprint density at radius 3 is 1.46 bits per heavy atom. The Kier molecular flexibility index (Phi) is 6.20. The monoisotopic (exact) mass is 394 g/mol. The van der Waals surface area contributed by atoms with Crippen LogP contribution in [-0.2, 0) is 39.8 Å². The van der Waals surface area contributed by atoms with Crippen LogP contribution in [0.2, 0.25) is 0 Å². The van der Waals surface area contributed by atoms with E-state index in [-0.39, 0.29) is 12.6 Å². The number of imidazole rings is 1. The van der Waals surface area contributed by atoms with E-state index in [9.17, 15) is 9.13 Å². The largest absolute Gasteiger partial charge is 0.349 e. The van der Waals surface area contributed by atoms with Crippen LogP contribution in [0.5, 0.6) is 0 Å². The van der Waals surface area contributed by atoms with Gasteiger partial charge in [0.05, 0.1) is 11.0 Å². The van der Waals surface area contributed by atoms with Crippen molar-refractivity contribution in [2.75, 3.05) is 28.4 Å². The molecular formula is C13H20N2O6P2S. The molecule has 0 saturated heterocycles. The first-order valence-corrected chi connectivity index (χ1v) is 10.8. The Labute approximate surface area is 145 Å². The molecule has 24 heavy (non-hydrogen) atoms. The van der Waals surface area contributed by atoms with E-state index in [2.05, 4.69) is 0 Å². The van der Waals surface area contributed by atoms with Gasteiger partial charge in [-0.25, -0.2) is 0 Å². The summed E-state index contributed by atoms with van der Waals surface area (Å²) in [5.41, 5.74) is 1.44. The smallest absolute Gasteiger partial charge is 0.311 e. The molecule has 0 unspecified atom stereocenters. The maximum atomic E-state index is 12.5. The van der Waals surface area contributed by atoms with Gasteiger partial charge in [-0.15, -0.1) is 0 Å². The predicted octanol–water partition coefficient (Wildman–Crippen LogP) is 4.06. The fraction of sp³-hybridized carbons (Fsp3) is 0.462. The topological polar surface area (TPSA) is 80.9 Å². The molecule has 0 amide bonds. The molecule has 0 radical (unpaired) electrons. The van der Waals surface area contributed by atoms with E-state index in [1.807, 2.05) is 24.3 Å². The standard InChI is InChI=1S/C13H20N2O6P2S/c1-18-22(16,19-2)9-14-11-7-5-6-8-12(11)15(13(14)24)10-23(17,20-3)21-4/h5-8H,9-10H2,1-4H3. The molecule has 0 N–H and O–H groups in total. The van der Waals surface area contributed by atoms with Crippen molar-refractivity contribution in [1.29, 1.82) is 0 Å². The van der Waals surface area contributed by atoms with Crippen LogP contribution in [0.1, 0.15) is 0 Å². The predicted molar refractivity (Wildman–Crippen MR) is 94.0 cm³/mol. The van der Waals surface area contributed by atoms with Gasteiger partial charge in [0.25, 0.3) is 0 Å². The first-order valence-electron chi connectivity index (χ1n) is 6.92. The van der Waals surface area contributed by atoms with Crippen molar-refractivity contribution in [2.24, 2.45) is 0 Å². The van der Waals surface area contributed by atoms with Crippen LogP contribution in [0.4, 0.5) is 0 Å². The molecule has 2 rings (SSSR count). The minimum Gasteiger partial charge on any atom is -0.311 e. The van der Waals surface area contributed by atoms with E-state index in [1.165, 1.54) is 28.4 Å². The van der Waals surface area contributed by atoms with Gasteiger partial charge in [0.2, 0.25) is 0 Å². The highest BCUT2D eigenvalue weighted by molar-refractivity contribution is 7.71. The van der Waals surface area contributed by atoms with Gasteiger partial charge in [-0.1, -0.05) is 12.1 Å². The fourth-order valence-electron chi connectivity index (χ4n) is 2.27.